The normalized spacial score (nSPS) is 14.1. The summed E-state index contributed by atoms with van der Waals surface area (Å²) in [6.07, 6.45) is -0.688. The molecule has 0 aliphatic heterocycles. The summed E-state index contributed by atoms with van der Waals surface area (Å²) >= 11 is 1.49. The third kappa shape index (κ3) is 9.99. The number of benzene rings is 3. The molecule has 0 saturated heterocycles. The number of nitrogens with one attached hydrogen (secondary N) is 2. The van der Waals surface area contributed by atoms with Gasteiger partial charge in [-0.15, -0.1) is 0 Å². The van der Waals surface area contributed by atoms with Crippen LogP contribution in [-0.2, 0) is 35.1 Å². The van der Waals surface area contributed by atoms with Crippen molar-refractivity contribution in [2.45, 2.75) is 70.4 Å². The predicted octanol–water partition coefficient (Wildman–Crippen LogP) is 6.22. The Balaban J connectivity index is 1.41. The fourth-order valence-electron chi connectivity index (χ4n) is 5.22. The first-order valence-corrected chi connectivity index (χ1v) is 16.9. The molecule has 2 N–H and O–H groups in total. The number of rotatable bonds is 13. The van der Waals surface area contributed by atoms with E-state index < -0.39 is 47.9 Å². The number of carbonyl (C=O) groups is 4. The van der Waals surface area contributed by atoms with E-state index in [1.54, 1.807) is 32.9 Å². The van der Waals surface area contributed by atoms with Crippen LogP contribution in [0.25, 0.3) is 11.1 Å². The highest BCUT2D eigenvalue weighted by Crippen LogP contribution is 2.44. The molecule has 0 bridgehead atoms. The zero-order valence-electron chi connectivity index (χ0n) is 27.3. The number of fused-ring (bicyclic) bond motifs is 3. The Morgan fingerprint density at radius 1 is 0.787 bits per heavy atom. The van der Waals surface area contributed by atoms with Crippen LogP contribution < -0.4 is 10.6 Å². The summed E-state index contributed by atoms with van der Waals surface area (Å²) in [6.45, 7) is 6.54. The number of thioether (sulfide) groups is 1. The van der Waals surface area contributed by atoms with Crippen molar-refractivity contribution in [1.82, 2.24) is 10.6 Å². The van der Waals surface area contributed by atoms with Crippen molar-refractivity contribution in [1.29, 1.82) is 0 Å². The molecule has 0 aromatic heterocycles. The minimum absolute atomic E-state index is 0.0491. The van der Waals surface area contributed by atoms with Crippen molar-refractivity contribution in [2.24, 2.45) is 0 Å². The van der Waals surface area contributed by atoms with Gasteiger partial charge in [0.25, 0.3) is 0 Å². The van der Waals surface area contributed by atoms with E-state index in [0.29, 0.717) is 5.75 Å². The highest BCUT2D eigenvalue weighted by atomic mass is 32.2. The number of hydrogen-bond donors (Lipinski definition) is 2. The molecule has 4 rings (SSSR count). The first-order chi connectivity index (χ1) is 22.5. The van der Waals surface area contributed by atoms with Gasteiger partial charge >= 0.3 is 24.1 Å². The predicted molar refractivity (Wildman–Crippen MR) is 180 cm³/mol. The van der Waals surface area contributed by atoms with Crippen LogP contribution >= 0.6 is 11.8 Å². The number of ether oxygens (including phenoxy) is 4. The maximum atomic E-state index is 13.4. The minimum Gasteiger partial charge on any atom is -0.459 e. The van der Waals surface area contributed by atoms with Crippen LogP contribution in [0.2, 0.25) is 0 Å². The lowest BCUT2D eigenvalue weighted by atomic mass is 9.98. The summed E-state index contributed by atoms with van der Waals surface area (Å²) in [5.74, 6) is -1.21. The van der Waals surface area contributed by atoms with Gasteiger partial charge in [-0.1, -0.05) is 78.9 Å². The van der Waals surface area contributed by atoms with Crippen molar-refractivity contribution in [3.63, 3.8) is 0 Å². The van der Waals surface area contributed by atoms with Gasteiger partial charge in [-0.2, -0.15) is 11.8 Å². The standard InChI is InChI=1S/C36H42N2O8S/c1-23(31(38-35(42)46-36(2,3)4)33(40)43-21-24-13-7-6-8-14-24)45-32(39)30(19-20-47-5)37-34(41)44-22-29-27-17-11-9-15-25(27)26-16-10-12-18-28(26)29/h6-18,23,29-31H,19-22H2,1-5H3,(H,37,41)(H,38,42)/t23-,30+,31+/m1/s1. The highest BCUT2D eigenvalue weighted by Gasteiger charge is 2.35. The summed E-state index contributed by atoms with van der Waals surface area (Å²) in [6, 6.07) is 22.6. The number of esters is 2. The third-order valence-corrected chi connectivity index (χ3v) is 8.10. The Kier molecular flexibility index (Phi) is 12.3. The molecule has 0 saturated carbocycles. The van der Waals surface area contributed by atoms with E-state index in [0.717, 1.165) is 27.8 Å². The van der Waals surface area contributed by atoms with Crippen LogP contribution in [0.3, 0.4) is 0 Å². The molecule has 3 aromatic carbocycles. The van der Waals surface area contributed by atoms with Gasteiger partial charge < -0.3 is 29.6 Å². The zero-order valence-corrected chi connectivity index (χ0v) is 28.1. The third-order valence-electron chi connectivity index (χ3n) is 7.45. The molecular weight excluding hydrogens is 620 g/mol. The number of amides is 2. The molecule has 10 nitrogen and oxygen atoms in total. The summed E-state index contributed by atoms with van der Waals surface area (Å²) in [4.78, 5) is 52.2. The van der Waals surface area contributed by atoms with Crippen molar-refractivity contribution < 1.29 is 38.1 Å². The van der Waals surface area contributed by atoms with Crippen LogP contribution in [0, 0.1) is 0 Å². The molecule has 0 fully saturated rings. The molecule has 3 atom stereocenters. The molecule has 0 radical (unpaired) electrons. The summed E-state index contributed by atoms with van der Waals surface area (Å²) in [5, 5.41) is 5.11. The van der Waals surface area contributed by atoms with Crippen LogP contribution in [0.5, 0.6) is 0 Å². The van der Waals surface area contributed by atoms with Crippen LogP contribution in [0.1, 0.15) is 56.7 Å². The SMILES string of the molecule is CSCC[C@H](NC(=O)OCC1c2ccccc2-c2ccccc21)C(=O)O[C@H](C)[C@H](NC(=O)OC(C)(C)C)C(=O)OCc1ccccc1. The van der Waals surface area contributed by atoms with E-state index >= 15 is 0 Å². The molecule has 0 unspecified atom stereocenters. The largest absolute Gasteiger partial charge is 0.459 e. The van der Waals surface area contributed by atoms with Crippen molar-refractivity contribution in [3.05, 3.63) is 95.6 Å². The van der Waals surface area contributed by atoms with E-state index in [2.05, 4.69) is 10.6 Å². The van der Waals surface area contributed by atoms with Gasteiger partial charge in [0.2, 0.25) is 0 Å². The first kappa shape index (κ1) is 35.3. The van der Waals surface area contributed by atoms with Gasteiger partial charge in [0, 0.05) is 5.92 Å². The molecule has 1 aliphatic rings. The van der Waals surface area contributed by atoms with Gasteiger partial charge in [0.1, 0.15) is 31.0 Å². The van der Waals surface area contributed by atoms with Crippen molar-refractivity contribution >= 4 is 35.9 Å². The van der Waals surface area contributed by atoms with E-state index in [1.807, 2.05) is 73.0 Å². The fourth-order valence-corrected chi connectivity index (χ4v) is 5.69. The first-order valence-electron chi connectivity index (χ1n) is 15.5. The molecule has 1 aliphatic carbocycles. The molecule has 3 aromatic rings. The summed E-state index contributed by atoms with van der Waals surface area (Å²) in [7, 11) is 0. The highest BCUT2D eigenvalue weighted by molar-refractivity contribution is 7.98. The van der Waals surface area contributed by atoms with E-state index in [-0.39, 0.29) is 25.6 Å². The zero-order chi connectivity index (χ0) is 34.0. The van der Waals surface area contributed by atoms with E-state index in [4.69, 9.17) is 18.9 Å². The molecule has 47 heavy (non-hydrogen) atoms. The Morgan fingerprint density at radius 2 is 1.38 bits per heavy atom. The Bertz CT molecular complexity index is 1500. The molecule has 0 spiro atoms. The van der Waals surface area contributed by atoms with E-state index in [9.17, 15) is 19.2 Å². The maximum absolute atomic E-state index is 13.4. The Labute approximate surface area is 279 Å². The minimum atomic E-state index is -1.38. The fraction of sp³-hybridized carbons (Fsp3) is 0.389. The lowest BCUT2D eigenvalue weighted by Gasteiger charge is -2.27. The quantitative estimate of drug-likeness (QED) is 0.162. The molecule has 0 heterocycles. The number of carbonyl (C=O) groups excluding carboxylic acids is 4. The van der Waals surface area contributed by atoms with E-state index in [1.165, 1.54) is 18.7 Å². The summed E-state index contributed by atoms with van der Waals surface area (Å²) < 4.78 is 22.1. The van der Waals surface area contributed by atoms with Gasteiger partial charge in [0.15, 0.2) is 6.04 Å². The molecule has 250 valence electrons. The smallest absolute Gasteiger partial charge is 0.408 e. The van der Waals surface area contributed by atoms with Crippen molar-refractivity contribution in [3.8, 4) is 11.1 Å². The van der Waals surface area contributed by atoms with Crippen LogP contribution in [0.4, 0.5) is 9.59 Å². The van der Waals surface area contributed by atoms with Gasteiger partial charge in [-0.05, 0) is 73.9 Å². The number of hydrogen-bond acceptors (Lipinski definition) is 9. The van der Waals surface area contributed by atoms with Gasteiger partial charge in [-0.25, -0.2) is 19.2 Å². The second-order valence-corrected chi connectivity index (χ2v) is 13.1. The van der Waals surface area contributed by atoms with Crippen molar-refractivity contribution in [2.75, 3.05) is 18.6 Å². The summed E-state index contributed by atoms with van der Waals surface area (Å²) in [5.41, 5.74) is 4.24. The second kappa shape index (κ2) is 16.4. The van der Waals surface area contributed by atoms with Crippen LogP contribution in [0.15, 0.2) is 78.9 Å². The number of alkyl carbamates (subject to hydrolysis) is 2. The Hall–Kier alpha value is -4.51. The van der Waals surface area contributed by atoms with Gasteiger partial charge in [-0.3, -0.25) is 0 Å². The van der Waals surface area contributed by atoms with Crippen LogP contribution in [-0.4, -0.2) is 66.5 Å². The lowest BCUT2D eigenvalue weighted by Crippen LogP contribution is -2.52. The lowest BCUT2D eigenvalue weighted by molar-refractivity contribution is -0.159. The van der Waals surface area contributed by atoms with Gasteiger partial charge in [0.05, 0.1) is 0 Å². The molecule has 11 heteroatoms. The maximum Gasteiger partial charge on any atom is 0.408 e. The topological polar surface area (TPSA) is 129 Å². The molecule has 2 amide bonds. The Morgan fingerprint density at radius 3 is 1.98 bits per heavy atom. The molecular formula is C36H42N2O8S. The monoisotopic (exact) mass is 662 g/mol. The average Bonchev–Trinajstić information content (AvgIpc) is 3.36. The second-order valence-electron chi connectivity index (χ2n) is 12.2. The average molecular weight is 663 g/mol.